The van der Waals surface area contributed by atoms with Crippen LogP contribution < -0.4 is 11.1 Å². The molecule has 0 aliphatic heterocycles. The number of nitrogens with one attached hydrogen (secondary N) is 1. The molecule has 0 spiro atoms. The van der Waals surface area contributed by atoms with Crippen LogP contribution in [0.15, 0.2) is 24.4 Å². The molecule has 1 aromatic rings. The molecule has 2 rings (SSSR count). The van der Waals surface area contributed by atoms with Gasteiger partial charge in [0.05, 0.1) is 0 Å². The zero-order chi connectivity index (χ0) is 13.0. The van der Waals surface area contributed by atoms with Gasteiger partial charge in [0.2, 0.25) is 6.41 Å². The fourth-order valence-corrected chi connectivity index (χ4v) is 2.59. The van der Waals surface area contributed by atoms with E-state index in [4.69, 9.17) is 5.73 Å². The maximum atomic E-state index is 10.4. The number of hydrogen-bond donors (Lipinski definition) is 2. The zero-order valence-electron chi connectivity index (χ0n) is 10.5. The highest BCUT2D eigenvalue weighted by atomic mass is 16.1. The minimum atomic E-state index is 0.370. The first kappa shape index (κ1) is 12.8. The molecule has 1 atom stereocenters. The summed E-state index contributed by atoms with van der Waals surface area (Å²) < 4.78 is 0. The number of hydrogen-bond acceptors (Lipinski definition) is 3. The van der Waals surface area contributed by atoms with Gasteiger partial charge >= 0.3 is 0 Å². The van der Waals surface area contributed by atoms with E-state index in [1.54, 1.807) is 0 Å². The average molecular weight is 245 g/mol. The van der Waals surface area contributed by atoms with Crippen molar-refractivity contribution in [1.82, 2.24) is 4.98 Å². The lowest BCUT2D eigenvalue weighted by Crippen LogP contribution is -2.13. The highest BCUT2D eigenvalue weighted by Crippen LogP contribution is 2.37. The summed E-state index contributed by atoms with van der Waals surface area (Å²) in [5, 5.41) is 2.55. The minimum Gasteiger partial charge on any atom is -0.326 e. The molecule has 0 aromatic carbocycles. The Balaban J connectivity index is 2.31. The second-order valence-corrected chi connectivity index (χ2v) is 4.69. The molecule has 3 N–H and O–H groups in total. The standard InChI is InChI=1S/C14H19N3O/c1-10-4-2-3-5-12(10)13-8-16-14(17-9-18)6-11(13)7-15/h6,8-9,12H,1-5,7,15H2,(H,16,17,18). The van der Waals surface area contributed by atoms with E-state index < -0.39 is 0 Å². The van der Waals surface area contributed by atoms with Gasteiger partial charge in [-0.25, -0.2) is 4.98 Å². The lowest BCUT2D eigenvalue weighted by Gasteiger charge is -2.26. The smallest absolute Gasteiger partial charge is 0.212 e. The van der Waals surface area contributed by atoms with E-state index >= 15 is 0 Å². The SMILES string of the molecule is C=C1CCCCC1c1cnc(NC=O)cc1CN. The van der Waals surface area contributed by atoms with E-state index in [0.717, 1.165) is 18.4 Å². The second kappa shape index (κ2) is 5.78. The molecule has 1 unspecified atom stereocenters. The molecule has 1 fully saturated rings. The summed E-state index contributed by atoms with van der Waals surface area (Å²) >= 11 is 0. The van der Waals surface area contributed by atoms with Crippen LogP contribution in [-0.4, -0.2) is 11.4 Å². The highest BCUT2D eigenvalue weighted by Gasteiger charge is 2.21. The van der Waals surface area contributed by atoms with Gasteiger partial charge in [-0.05, 0) is 36.5 Å². The normalized spacial score (nSPS) is 19.6. The number of aromatic nitrogens is 1. The van der Waals surface area contributed by atoms with Crippen LogP contribution in [0.1, 0.15) is 42.7 Å². The van der Waals surface area contributed by atoms with Crippen molar-refractivity contribution in [2.75, 3.05) is 5.32 Å². The van der Waals surface area contributed by atoms with Crippen LogP contribution in [0.5, 0.6) is 0 Å². The molecule has 18 heavy (non-hydrogen) atoms. The van der Waals surface area contributed by atoms with Crippen molar-refractivity contribution in [2.24, 2.45) is 5.73 Å². The highest BCUT2D eigenvalue weighted by molar-refractivity contribution is 5.69. The molecule has 1 aliphatic carbocycles. The summed E-state index contributed by atoms with van der Waals surface area (Å²) in [5.74, 6) is 0.922. The zero-order valence-corrected chi connectivity index (χ0v) is 10.5. The van der Waals surface area contributed by atoms with Gasteiger partial charge in [-0.1, -0.05) is 18.6 Å². The molecule has 1 amide bonds. The largest absolute Gasteiger partial charge is 0.326 e. The van der Waals surface area contributed by atoms with Crippen molar-refractivity contribution in [3.8, 4) is 0 Å². The van der Waals surface area contributed by atoms with Crippen LogP contribution >= 0.6 is 0 Å². The summed E-state index contributed by atoms with van der Waals surface area (Å²) in [4.78, 5) is 14.7. The van der Waals surface area contributed by atoms with Crippen molar-refractivity contribution in [3.63, 3.8) is 0 Å². The number of carbonyl (C=O) groups is 1. The number of nitrogens with two attached hydrogens (primary N) is 1. The first-order chi connectivity index (χ1) is 8.76. The molecule has 0 saturated heterocycles. The van der Waals surface area contributed by atoms with Gasteiger partial charge < -0.3 is 11.1 Å². The second-order valence-electron chi connectivity index (χ2n) is 4.69. The monoisotopic (exact) mass is 245 g/mol. The number of rotatable bonds is 4. The van der Waals surface area contributed by atoms with Gasteiger partial charge in [0, 0.05) is 18.7 Å². The number of allylic oxidation sites excluding steroid dienone is 1. The lowest BCUT2D eigenvalue weighted by molar-refractivity contribution is -0.105. The third-order valence-electron chi connectivity index (χ3n) is 3.56. The van der Waals surface area contributed by atoms with Crippen LogP contribution in [0.4, 0.5) is 5.82 Å². The summed E-state index contributed by atoms with van der Waals surface area (Å²) in [6.07, 6.45) is 7.11. The lowest BCUT2D eigenvalue weighted by atomic mass is 9.79. The first-order valence-corrected chi connectivity index (χ1v) is 6.33. The summed E-state index contributed by atoms with van der Waals surface area (Å²) in [6, 6.07) is 1.85. The Morgan fingerprint density at radius 3 is 3.06 bits per heavy atom. The van der Waals surface area contributed by atoms with Crippen LogP contribution in [0, 0.1) is 0 Å². The molecule has 4 nitrogen and oxygen atoms in total. The van der Waals surface area contributed by atoms with Crippen molar-refractivity contribution >= 4 is 12.2 Å². The maximum absolute atomic E-state index is 10.4. The molecule has 1 aliphatic rings. The quantitative estimate of drug-likeness (QED) is 0.632. The topological polar surface area (TPSA) is 68.0 Å². The average Bonchev–Trinajstić information content (AvgIpc) is 2.40. The van der Waals surface area contributed by atoms with E-state index in [9.17, 15) is 4.79 Å². The Morgan fingerprint density at radius 1 is 1.56 bits per heavy atom. The molecule has 96 valence electrons. The van der Waals surface area contributed by atoms with E-state index in [-0.39, 0.29) is 0 Å². The van der Waals surface area contributed by atoms with Gasteiger partial charge in [-0.15, -0.1) is 0 Å². The van der Waals surface area contributed by atoms with Gasteiger partial charge in [-0.3, -0.25) is 4.79 Å². The van der Waals surface area contributed by atoms with Gasteiger partial charge in [0.15, 0.2) is 0 Å². The number of pyridine rings is 1. The van der Waals surface area contributed by atoms with Crippen molar-refractivity contribution in [2.45, 2.75) is 38.1 Å². The minimum absolute atomic E-state index is 0.370. The van der Waals surface area contributed by atoms with Crippen molar-refractivity contribution in [3.05, 3.63) is 35.5 Å². The molecular formula is C14H19N3O. The number of anilines is 1. The van der Waals surface area contributed by atoms with E-state index in [0.29, 0.717) is 24.7 Å². The number of carbonyl (C=O) groups excluding carboxylic acids is 1. The fourth-order valence-electron chi connectivity index (χ4n) is 2.59. The molecular weight excluding hydrogens is 226 g/mol. The van der Waals surface area contributed by atoms with Gasteiger partial charge in [-0.2, -0.15) is 0 Å². The maximum Gasteiger partial charge on any atom is 0.212 e. The van der Waals surface area contributed by atoms with Crippen molar-refractivity contribution in [1.29, 1.82) is 0 Å². The predicted octanol–water partition coefficient (Wildman–Crippen LogP) is 2.32. The van der Waals surface area contributed by atoms with Crippen molar-refractivity contribution < 1.29 is 4.79 Å². The fraction of sp³-hybridized carbons (Fsp3) is 0.429. The van der Waals surface area contributed by atoms with Crippen LogP contribution in [0.25, 0.3) is 0 Å². The summed E-state index contributed by atoms with van der Waals surface area (Å²) in [7, 11) is 0. The van der Waals surface area contributed by atoms with Crippen LogP contribution in [0.2, 0.25) is 0 Å². The predicted molar refractivity (Wildman–Crippen MR) is 72.2 cm³/mol. The van der Waals surface area contributed by atoms with Crippen LogP contribution in [-0.2, 0) is 11.3 Å². The Labute approximate surface area is 107 Å². The van der Waals surface area contributed by atoms with Crippen LogP contribution in [0.3, 0.4) is 0 Å². The van der Waals surface area contributed by atoms with Gasteiger partial charge in [0.25, 0.3) is 0 Å². The van der Waals surface area contributed by atoms with E-state index in [2.05, 4.69) is 16.9 Å². The molecule has 4 heteroatoms. The molecule has 0 bridgehead atoms. The van der Waals surface area contributed by atoms with Gasteiger partial charge in [0.1, 0.15) is 5.82 Å². The third-order valence-corrected chi connectivity index (χ3v) is 3.56. The number of amides is 1. The first-order valence-electron chi connectivity index (χ1n) is 6.33. The number of nitrogens with zero attached hydrogens (tertiary/aromatic N) is 1. The molecule has 1 saturated carbocycles. The summed E-state index contributed by atoms with van der Waals surface area (Å²) in [6.45, 7) is 4.62. The molecule has 1 heterocycles. The Morgan fingerprint density at radius 2 is 2.39 bits per heavy atom. The molecule has 0 radical (unpaired) electrons. The molecule has 1 aromatic heterocycles. The van der Waals surface area contributed by atoms with E-state index in [1.807, 2.05) is 12.3 Å². The Bertz CT molecular complexity index is 456. The van der Waals surface area contributed by atoms with E-state index in [1.165, 1.54) is 24.0 Å². The Kier molecular flexibility index (Phi) is 4.10. The summed E-state index contributed by atoms with van der Waals surface area (Å²) in [5.41, 5.74) is 9.28. The Hall–Kier alpha value is -1.68. The third kappa shape index (κ3) is 2.59.